The summed E-state index contributed by atoms with van der Waals surface area (Å²) in [5, 5.41) is 1.10. The average Bonchev–Trinajstić information content (AvgIpc) is 3.03. The molecule has 2 aromatic heterocycles. The van der Waals surface area contributed by atoms with Gasteiger partial charge in [0.05, 0.1) is 5.56 Å². The molecule has 3 rings (SSSR count). The highest BCUT2D eigenvalue weighted by Gasteiger charge is 2.15. The van der Waals surface area contributed by atoms with E-state index >= 15 is 0 Å². The number of aryl methyl sites for hydroxylation is 2. The van der Waals surface area contributed by atoms with Crippen molar-refractivity contribution in [1.82, 2.24) is 0 Å². The van der Waals surface area contributed by atoms with E-state index in [-0.39, 0.29) is 0 Å². The van der Waals surface area contributed by atoms with Crippen LogP contribution < -0.4 is 0 Å². The molecule has 0 bridgehead atoms. The van der Waals surface area contributed by atoms with Crippen molar-refractivity contribution in [3.8, 4) is 11.3 Å². The van der Waals surface area contributed by atoms with Gasteiger partial charge in [-0.05, 0) is 30.7 Å². The maximum absolute atomic E-state index is 10.7. The zero-order valence-electron chi connectivity index (χ0n) is 10.9. The molecule has 0 spiro atoms. The predicted octanol–water partition coefficient (Wildman–Crippen LogP) is 4.38. The third-order valence-corrected chi connectivity index (χ3v) is 3.39. The van der Waals surface area contributed by atoms with Crippen molar-refractivity contribution in [2.24, 2.45) is 0 Å². The molecule has 3 heteroatoms. The van der Waals surface area contributed by atoms with Gasteiger partial charge in [-0.1, -0.05) is 19.1 Å². The Kier molecular flexibility index (Phi) is 2.75. The summed E-state index contributed by atoms with van der Waals surface area (Å²) in [6.07, 6.45) is 1.56. The van der Waals surface area contributed by atoms with E-state index in [2.05, 4.69) is 13.8 Å². The fourth-order valence-corrected chi connectivity index (χ4v) is 2.38. The van der Waals surface area contributed by atoms with Crippen molar-refractivity contribution >= 4 is 17.3 Å². The van der Waals surface area contributed by atoms with Crippen LogP contribution in [0.3, 0.4) is 0 Å². The molecule has 19 heavy (non-hydrogen) atoms. The lowest BCUT2D eigenvalue weighted by atomic mass is 10.1. The first kappa shape index (κ1) is 11.8. The summed E-state index contributed by atoms with van der Waals surface area (Å²) in [6, 6.07) is 9.42. The Bertz CT molecular complexity index is 747. The van der Waals surface area contributed by atoms with Crippen LogP contribution in [0.5, 0.6) is 0 Å². The second-order valence-electron chi connectivity index (χ2n) is 4.51. The zero-order chi connectivity index (χ0) is 13.4. The Morgan fingerprint density at radius 3 is 2.68 bits per heavy atom. The van der Waals surface area contributed by atoms with Gasteiger partial charge in [-0.2, -0.15) is 0 Å². The third kappa shape index (κ3) is 1.78. The molecule has 3 nitrogen and oxygen atoms in total. The molecule has 0 saturated carbocycles. The molecular weight excluding hydrogens is 240 g/mol. The monoisotopic (exact) mass is 254 g/mol. The Hall–Kier alpha value is -2.29. The van der Waals surface area contributed by atoms with E-state index in [1.165, 1.54) is 5.56 Å². The highest BCUT2D eigenvalue weighted by Crippen LogP contribution is 2.34. The van der Waals surface area contributed by atoms with Crippen LogP contribution in [0, 0.1) is 6.92 Å². The highest BCUT2D eigenvalue weighted by molar-refractivity contribution is 5.94. The normalized spacial score (nSPS) is 11.1. The molecule has 0 aliphatic rings. The Labute approximate surface area is 110 Å². The maximum atomic E-state index is 10.7. The van der Waals surface area contributed by atoms with Crippen LogP contribution in [0.2, 0.25) is 0 Å². The number of rotatable bonds is 3. The number of para-hydroxylation sites is 1. The van der Waals surface area contributed by atoms with Gasteiger partial charge in [0, 0.05) is 11.8 Å². The van der Waals surface area contributed by atoms with Gasteiger partial charge in [-0.25, -0.2) is 0 Å². The van der Waals surface area contributed by atoms with Crippen LogP contribution in [-0.2, 0) is 6.42 Å². The summed E-state index contributed by atoms with van der Waals surface area (Å²) in [7, 11) is 0. The largest absolute Gasteiger partial charge is 0.460 e. The molecule has 1 aromatic carbocycles. The summed E-state index contributed by atoms with van der Waals surface area (Å²) in [6.45, 7) is 4.13. The summed E-state index contributed by atoms with van der Waals surface area (Å²) in [4.78, 5) is 10.7. The van der Waals surface area contributed by atoms with Gasteiger partial charge in [0.1, 0.15) is 17.1 Å². The molecule has 0 fully saturated rings. The fourth-order valence-electron chi connectivity index (χ4n) is 2.38. The van der Waals surface area contributed by atoms with Gasteiger partial charge in [-0.15, -0.1) is 0 Å². The Morgan fingerprint density at radius 1 is 1.16 bits per heavy atom. The van der Waals surface area contributed by atoms with Crippen LogP contribution >= 0.6 is 0 Å². The summed E-state index contributed by atoms with van der Waals surface area (Å²) in [5.41, 5.74) is 2.87. The molecule has 0 amide bonds. The maximum Gasteiger partial charge on any atom is 0.185 e. The van der Waals surface area contributed by atoms with E-state index in [0.29, 0.717) is 17.8 Å². The van der Waals surface area contributed by atoms with Crippen LogP contribution in [0.15, 0.2) is 39.2 Å². The molecule has 0 aliphatic heterocycles. The molecule has 96 valence electrons. The first-order valence-electron chi connectivity index (χ1n) is 6.31. The Balaban J connectivity index is 2.26. The zero-order valence-corrected chi connectivity index (χ0v) is 10.9. The fraction of sp³-hybridized carbons (Fsp3) is 0.188. The lowest BCUT2D eigenvalue weighted by Crippen LogP contribution is -1.77. The van der Waals surface area contributed by atoms with Gasteiger partial charge >= 0.3 is 0 Å². The smallest absolute Gasteiger partial charge is 0.185 e. The molecule has 0 unspecified atom stereocenters. The summed E-state index contributed by atoms with van der Waals surface area (Å²) in [5.74, 6) is 1.97. The first-order valence-corrected chi connectivity index (χ1v) is 6.31. The number of carbonyl (C=O) groups is 1. The molecular formula is C16H14O3. The number of aldehydes is 1. The second kappa shape index (κ2) is 4.43. The van der Waals surface area contributed by atoms with Crippen molar-refractivity contribution in [2.75, 3.05) is 0 Å². The quantitative estimate of drug-likeness (QED) is 0.651. The Morgan fingerprint density at radius 2 is 2.00 bits per heavy atom. The number of fused-ring (bicyclic) bond motifs is 1. The highest BCUT2D eigenvalue weighted by atomic mass is 16.4. The minimum atomic E-state index is 0.325. The number of hydrogen-bond donors (Lipinski definition) is 0. The van der Waals surface area contributed by atoms with Crippen molar-refractivity contribution in [3.05, 3.63) is 47.4 Å². The van der Waals surface area contributed by atoms with Gasteiger partial charge in [0.25, 0.3) is 0 Å². The first-order chi connectivity index (χ1) is 9.24. The van der Waals surface area contributed by atoms with E-state index in [0.717, 1.165) is 28.7 Å². The van der Waals surface area contributed by atoms with Gasteiger partial charge in [0.15, 0.2) is 12.0 Å². The topological polar surface area (TPSA) is 43.4 Å². The van der Waals surface area contributed by atoms with Crippen molar-refractivity contribution in [2.45, 2.75) is 20.3 Å². The third-order valence-electron chi connectivity index (χ3n) is 3.39. The molecule has 0 radical (unpaired) electrons. The number of carbonyl (C=O) groups excluding carboxylic acids is 1. The van der Waals surface area contributed by atoms with Gasteiger partial charge in [0.2, 0.25) is 0 Å². The standard InChI is InChI=1S/C16H14O3/c1-3-14-10(2)12-5-4-6-13(16(12)19-14)15-8-7-11(9-17)18-15/h4-9H,3H2,1-2H3. The number of furan rings is 2. The molecule has 0 aliphatic carbocycles. The van der Waals surface area contributed by atoms with Gasteiger partial charge < -0.3 is 8.83 Å². The van der Waals surface area contributed by atoms with E-state index in [4.69, 9.17) is 8.83 Å². The summed E-state index contributed by atoms with van der Waals surface area (Å²) < 4.78 is 11.4. The summed E-state index contributed by atoms with van der Waals surface area (Å²) >= 11 is 0. The number of benzene rings is 1. The van der Waals surface area contributed by atoms with Crippen LogP contribution in [-0.4, -0.2) is 6.29 Å². The molecule has 0 atom stereocenters. The number of hydrogen-bond acceptors (Lipinski definition) is 3. The van der Waals surface area contributed by atoms with Gasteiger partial charge in [-0.3, -0.25) is 4.79 Å². The van der Waals surface area contributed by atoms with Crippen molar-refractivity contribution in [1.29, 1.82) is 0 Å². The molecule has 0 N–H and O–H groups in total. The van der Waals surface area contributed by atoms with Crippen molar-refractivity contribution in [3.63, 3.8) is 0 Å². The minimum absolute atomic E-state index is 0.325. The van der Waals surface area contributed by atoms with Crippen molar-refractivity contribution < 1.29 is 13.6 Å². The predicted molar refractivity (Wildman–Crippen MR) is 73.4 cm³/mol. The van der Waals surface area contributed by atoms with E-state index in [1.807, 2.05) is 18.2 Å². The average molecular weight is 254 g/mol. The lowest BCUT2D eigenvalue weighted by Gasteiger charge is -1.98. The van der Waals surface area contributed by atoms with Crippen LogP contribution in [0.4, 0.5) is 0 Å². The SMILES string of the molecule is CCc1oc2c(-c3ccc(C=O)o3)cccc2c1C. The minimum Gasteiger partial charge on any atom is -0.460 e. The molecule has 3 aromatic rings. The van der Waals surface area contributed by atoms with E-state index in [9.17, 15) is 4.79 Å². The second-order valence-corrected chi connectivity index (χ2v) is 4.51. The molecule has 0 saturated heterocycles. The van der Waals surface area contributed by atoms with Crippen LogP contribution in [0.25, 0.3) is 22.3 Å². The lowest BCUT2D eigenvalue weighted by molar-refractivity contribution is 0.110. The van der Waals surface area contributed by atoms with E-state index in [1.54, 1.807) is 12.1 Å². The van der Waals surface area contributed by atoms with Crippen LogP contribution in [0.1, 0.15) is 28.8 Å². The molecule has 2 heterocycles. The van der Waals surface area contributed by atoms with E-state index < -0.39 is 0 Å².